The van der Waals surface area contributed by atoms with Gasteiger partial charge in [-0.15, -0.1) is 11.3 Å². The molecule has 2 aromatic heterocycles. The highest BCUT2D eigenvalue weighted by Gasteiger charge is 2.22. The smallest absolute Gasteiger partial charge is 0.263 e. The molecule has 0 spiro atoms. The van der Waals surface area contributed by atoms with Crippen LogP contribution in [0.3, 0.4) is 0 Å². The Labute approximate surface area is 158 Å². The molecule has 142 valence electrons. The van der Waals surface area contributed by atoms with Crippen LogP contribution in [0.1, 0.15) is 36.6 Å². The van der Waals surface area contributed by atoms with E-state index < -0.39 is 0 Å². The van der Waals surface area contributed by atoms with Crippen molar-refractivity contribution in [2.45, 2.75) is 45.6 Å². The van der Waals surface area contributed by atoms with Crippen LogP contribution in [0.25, 0.3) is 10.2 Å². The monoisotopic (exact) mass is 376 g/mol. The second-order valence-corrected chi connectivity index (χ2v) is 8.25. The van der Waals surface area contributed by atoms with Crippen molar-refractivity contribution in [3.05, 3.63) is 20.8 Å². The maximum atomic E-state index is 13.2. The van der Waals surface area contributed by atoms with Gasteiger partial charge in [-0.2, -0.15) is 0 Å². The van der Waals surface area contributed by atoms with Gasteiger partial charge in [0, 0.05) is 37.6 Å². The molecule has 0 radical (unpaired) electrons. The summed E-state index contributed by atoms with van der Waals surface area (Å²) in [5.74, 6) is 0.733. The zero-order chi connectivity index (χ0) is 17.9. The van der Waals surface area contributed by atoms with Gasteiger partial charge < -0.3 is 10.1 Å². The van der Waals surface area contributed by atoms with Gasteiger partial charge in [0.05, 0.1) is 18.6 Å². The molecule has 6 nitrogen and oxygen atoms in total. The summed E-state index contributed by atoms with van der Waals surface area (Å²) < 4.78 is 7.25. The largest absolute Gasteiger partial charge is 0.379 e. The SMILES string of the molecule is CCCn1c(NCCN2CCOCC2)nc2sc3c(c2c1=O)CCCC3. The van der Waals surface area contributed by atoms with Crippen LogP contribution in [0.4, 0.5) is 5.95 Å². The molecule has 26 heavy (non-hydrogen) atoms. The normalized spacial score (nSPS) is 18.2. The van der Waals surface area contributed by atoms with Gasteiger partial charge in [0.15, 0.2) is 0 Å². The first kappa shape index (κ1) is 17.9. The van der Waals surface area contributed by atoms with E-state index in [1.54, 1.807) is 11.3 Å². The molecule has 0 unspecified atom stereocenters. The summed E-state index contributed by atoms with van der Waals surface area (Å²) >= 11 is 1.72. The van der Waals surface area contributed by atoms with Gasteiger partial charge in [-0.25, -0.2) is 4.98 Å². The molecule has 2 aliphatic rings. The first-order valence-electron chi connectivity index (χ1n) is 9.87. The van der Waals surface area contributed by atoms with Crippen molar-refractivity contribution in [1.29, 1.82) is 0 Å². The molecular weight excluding hydrogens is 348 g/mol. The number of fused-ring (bicyclic) bond motifs is 3. The number of anilines is 1. The van der Waals surface area contributed by atoms with Crippen LogP contribution in [0, 0.1) is 0 Å². The van der Waals surface area contributed by atoms with Crippen LogP contribution in [-0.4, -0.2) is 53.8 Å². The number of hydrogen-bond donors (Lipinski definition) is 1. The van der Waals surface area contributed by atoms with E-state index in [1.807, 2.05) is 4.57 Å². The summed E-state index contributed by atoms with van der Waals surface area (Å²) in [6, 6.07) is 0. The standard InChI is InChI=1S/C19H28N4O2S/c1-2-8-23-18(24)16-14-5-3-4-6-15(14)26-17(16)21-19(23)20-7-9-22-10-12-25-13-11-22/h2-13H2,1H3,(H,20,21). The molecule has 1 N–H and O–H groups in total. The minimum absolute atomic E-state index is 0.144. The Morgan fingerprint density at radius 1 is 1.19 bits per heavy atom. The highest BCUT2D eigenvalue weighted by Crippen LogP contribution is 2.34. The van der Waals surface area contributed by atoms with E-state index >= 15 is 0 Å². The lowest BCUT2D eigenvalue weighted by atomic mass is 9.97. The molecule has 0 amide bonds. The average Bonchev–Trinajstić information content (AvgIpc) is 3.04. The maximum Gasteiger partial charge on any atom is 0.263 e. The van der Waals surface area contributed by atoms with E-state index in [9.17, 15) is 4.79 Å². The predicted octanol–water partition coefficient (Wildman–Crippen LogP) is 2.49. The first-order chi connectivity index (χ1) is 12.8. The van der Waals surface area contributed by atoms with Crippen LogP contribution >= 0.6 is 11.3 Å². The number of aromatic nitrogens is 2. The van der Waals surface area contributed by atoms with Crippen LogP contribution in [-0.2, 0) is 24.1 Å². The molecule has 7 heteroatoms. The summed E-state index contributed by atoms with van der Waals surface area (Å²) in [6.07, 6.45) is 5.47. The predicted molar refractivity (Wildman–Crippen MR) is 107 cm³/mol. The molecule has 0 saturated carbocycles. The fraction of sp³-hybridized carbons (Fsp3) is 0.684. The second-order valence-electron chi connectivity index (χ2n) is 7.16. The Bertz CT molecular complexity index is 823. The van der Waals surface area contributed by atoms with Crippen molar-refractivity contribution < 1.29 is 4.74 Å². The van der Waals surface area contributed by atoms with Crippen LogP contribution in [0.2, 0.25) is 0 Å². The summed E-state index contributed by atoms with van der Waals surface area (Å²) in [7, 11) is 0. The van der Waals surface area contributed by atoms with Gasteiger partial charge in [-0.3, -0.25) is 14.3 Å². The minimum atomic E-state index is 0.144. The van der Waals surface area contributed by atoms with Gasteiger partial charge >= 0.3 is 0 Å². The van der Waals surface area contributed by atoms with Crippen LogP contribution in [0.5, 0.6) is 0 Å². The number of nitrogens with zero attached hydrogens (tertiary/aromatic N) is 3. The van der Waals surface area contributed by atoms with Gasteiger partial charge in [-0.1, -0.05) is 6.92 Å². The highest BCUT2D eigenvalue weighted by molar-refractivity contribution is 7.18. The fourth-order valence-electron chi connectivity index (χ4n) is 3.96. The van der Waals surface area contributed by atoms with E-state index in [-0.39, 0.29) is 5.56 Å². The molecule has 1 fully saturated rings. The van der Waals surface area contributed by atoms with E-state index in [4.69, 9.17) is 9.72 Å². The Morgan fingerprint density at radius 3 is 2.81 bits per heavy atom. The maximum absolute atomic E-state index is 13.2. The molecular formula is C19H28N4O2S. The summed E-state index contributed by atoms with van der Waals surface area (Å²) in [6.45, 7) is 8.15. The quantitative estimate of drug-likeness (QED) is 0.839. The number of morpholine rings is 1. The summed E-state index contributed by atoms with van der Waals surface area (Å²) in [5, 5.41) is 4.32. The Morgan fingerprint density at radius 2 is 2.00 bits per heavy atom. The number of ether oxygens (including phenoxy) is 1. The van der Waals surface area contributed by atoms with Crippen LogP contribution < -0.4 is 10.9 Å². The number of aryl methyl sites for hydroxylation is 2. The Kier molecular flexibility index (Phi) is 5.57. The molecule has 1 aliphatic heterocycles. The molecule has 1 aliphatic carbocycles. The molecule has 2 aromatic rings. The van der Waals surface area contributed by atoms with E-state index in [1.165, 1.54) is 23.3 Å². The topological polar surface area (TPSA) is 59.4 Å². The van der Waals surface area contributed by atoms with Crippen molar-refractivity contribution in [3.63, 3.8) is 0 Å². The summed E-state index contributed by atoms with van der Waals surface area (Å²) in [5.41, 5.74) is 1.42. The van der Waals surface area contributed by atoms with Crippen molar-refractivity contribution in [3.8, 4) is 0 Å². The van der Waals surface area contributed by atoms with E-state index in [0.29, 0.717) is 6.54 Å². The molecule has 1 saturated heterocycles. The number of nitrogens with one attached hydrogen (secondary N) is 1. The van der Waals surface area contributed by atoms with E-state index in [2.05, 4.69) is 17.1 Å². The van der Waals surface area contributed by atoms with E-state index in [0.717, 1.165) is 74.8 Å². The lowest BCUT2D eigenvalue weighted by molar-refractivity contribution is 0.0398. The summed E-state index contributed by atoms with van der Waals surface area (Å²) in [4.78, 5) is 22.8. The van der Waals surface area contributed by atoms with Crippen molar-refractivity contribution in [1.82, 2.24) is 14.5 Å². The third-order valence-electron chi connectivity index (χ3n) is 5.34. The zero-order valence-corrected chi connectivity index (χ0v) is 16.4. The average molecular weight is 377 g/mol. The van der Waals surface area contributed by atoms with Gasteiger partial charge in [0.2, 0.25) is 5.95 Å². The second kappa shape index (κ2) is 8.06. The number of hydrogen-bond acceptors (Lipinski definition) is 6. The zero-order valence-electron chi connectivity index (χ0n) is 15.6. The van der Waals surface area contributed by atoms with Crippen molar-refractivity contribution >= 4 is 27.5 Å². The third-order valence-corrected chi connectivity index (χ3v) is 6.52. The number of rotatable bonds is 6. The van der Waals surface area contributed by atoms with Gasteiger partial charge in [0.25, 0.3) is 5.56 Å². The lowest BCUT2D eigenvalue weighted by Gasteiger charge is -2.26. The van der Waals surface area contributed by atoms with Crippen molar-refractivity contribution in [2.24, 2.45) is 0 Å². The Balaban J connectivity index is 1.60. The molecule has 0 bridgehead atoms. The van der Waals surface area contributed by atoms with Gasteiger partial charge in [-0.05, 0) is 37.7 Å². The lowest BCUT2D eigenvalue weighted by Crippen LogP contribution is -2.39. The molecule has 4 rings (SSSR count). The fourth-order valence-corrected chi connectivity index (χ4v) is 5.21. The minimum Gasteiger partial charge on any atom is -0.379 e. The van der Waals surface area contributed by atoms with Crippen molar-refractivity contribution in [2.75, 3.05) is 44.7 Å². The molecule has 0 atom stereocenters. The highest BCUT2D eigenvalue weighted by atomic mass is 32.1. The van der Waals surface area contributed by atoms with Crippen LogP contribution in [0.15, 0.2) is 4.79 Å². The Hall–Kier alpha value is -1.44. The van der Waals surface area contributed by atoms with Gasteiger partial charge in [0.1, 0.15) is 4.83 Å². The number of thiophene rings is 1. The molecule has 0 aromatic carbocycles. The third kappa shape index (κ3) is 3.52. The first-order valence-corrected chi connectivity index (χ1v) is 10.7. The molecule has 3 heterocycles.